The van der Waals surface area contributed by atoms with Gasteiger partial charge < -0.3 is 10.6 Å². The normalized spacial score (nSPS) is 14.6. The van der Waals surface area contributed by atoms with Gasteiger partial charge in [0, 0.05) is 44.4 Å². The average molecular weight is 222 g/mol. The van der Waals surface area contributed by atoms with Crippen LogP contribution >= 0.6 is 0 Å². The van der Waals surface area contributed by atoms with Crippen LogP contribution < -0.4 is 10.6 Å². The largest absolute Gasteiger partial charge is 0.351 e. The third-order valence-electron chi connectivity index (χ3n) is 2.87. The third-order valence-corrected chi connectivity index (χ3v) is 2.87. The molecule has 0 fully saturated rings. The Morgan fingerprint density at radius 3 is 3.19 bits per heavy atom. The highest BCUT2D eigenvalue weighted by Gasteiger charge is 2.22. The Hall–Kier alpha value is -1.36. The van der Waals surface area contributed by atoms with Gasteiger partial charge in [-0.05, 0) is 6.42 Å². The van der Waals surface area contributed by atoms with Gasteiger partial charge in [0.15, 0.2) is 5.69 Å². The molecule has 1 aliphatic heterocycles. The second-order valence-electron chi connectivity index (χ2n) is 4.08. The number of fused-ring (bicyclic) bond motifs is 1. The van der Waals surface area contributed by atoms with E-state index in [9.17, 15) is 4.79 Å². The first-order chi connectivity index (χ1) is 7.74. The van der Waals surface area contributed by atoms with Crippen LogP contribution in [-0.4, -0.2) is 28.8 Å². The number of hydrogen-bond donors (Lipinski definition) is 2. The summed E-state index contributed by atoms with van der Waals surface area (Å²) in [6.07, 6.45) is 1.89. The van der Waals surface area contributed by atoms with Crippen LogP contribution in [0, 0.1) is 0 Å². The maximum absolute atomic E-state index is 11.9. The van der Waals surface area contributed by atoms with Crippen LogP contribution in [0.3, 0.4) is 0 Å². The fourth-order valence-electron chi connectivity index (χ4n) is 2.03. The molecule has 0 atom stereocenters. The molecule has 2 rings (SSSR count). The minimum absolute atomic E-state index is 0.0533. The summed E-state index contributed by atoms with van der Waals surface area (Å²) >= 11 is 0. The summed E-state index contributed by atoms with van der Waals surface area (Å²) in [5.74, 6) is -0.0533. The van der Waals surface area contributed by atoms with E-state index >= 15 is 0 Å². The topological polar surface area (TPSA) is 59.0 Å². The van der Waals surface area contributed by atoms with Crippen molar-refractivity contribution in [3.05, 3.63) is 17.0 Å². The zero-order valence-corrected chi connectivity index (χ0v) is 9.84. The Morgan fingerprint density at radius 2 is 2.44 bits per heavy atom. The molecule has 5 nitrogen and oxygen atoms in total. The van der Waals surface area contributed by atoms with E-state index in [1.54, 1.807) is 0 Å². The molecule has 1 aromatic rings. The van der Waals surface area contributed by atoms with Crippen molar-refractivity contribution in [3.63, 3.8) is 0 Å². The van der Waals surface area contributed by atoms with Crippen molar-refractivity contribution >= 4 is 5.91 Å². The van der Waals surface area contributed by atoms with Gasteiger partial charge in [-0.15, -0.1) is 0 Å². The molecule has 0 aromatic carbocycles. The maximum atomic E-state index is 11.9. The van der Waals surface area contributed by atoms with Crippen molar-refractivity contribution in [1.82, 2.24) is 20.4 Å². The summed E-state index contributed by atoms with van der Waals surface area (Å²) in [5, 5.41) is 10.5. The first-order valence-corrected chi connectivity index (χ1v) is 5.77. The first kappa shape index (κ1) is 11.1. The predicted octanol–water partition coefficient (Wildman–Crippen LogP) is 0.206. The Labute approximate surface area is 95.2 Å². The van der Waals surface area contributed by atoms with E-state index in [4.69, 9.17) is 0 Å². The maximum Gasteiger partial charge on any atom is 0.272 e. The van der Waals surface area contributed by atoms with Gasteiger partial charge in [0.1, 0.15) is 0 Å². The second kappa shape index (κ2) is 4.65. The number of carbonyl (C=O) groups excluding carboxylic acids is 1. The van der Waals surface area contributed by atoms with E-state index in [0.717, 1.165) is 31.5 Å². The number of rotatable bonds is 3. The highest BCUT2D eigenvalue weighted by molar-refractivity contribution is 5.94. The zero-order valence-electron chi connectivity index (χ0n) is 9.84. The van der Waals surface area contributed by atoms with Crippen molar-refractivity contribution in [2.24, 2.45) is 7.05 Å². The predicted molar refractivity (Wildman–Crippen MR) is 61.2 cm³/mol. The van der Waals surface area contributed by atoms with Crippen molar-refractivity contribution in [2.75, 3.05) is 13.1 Å². The number of aryl methyl sites for hydroxylation is 1. The van der Waals surface area contributed by atoms with Crippen LogP contribution in [0.1, 0.15) is 35.1 Å². The van der Waals surface area contributed by atoms with Gasteiger partial charge in [0.2, 0.25) is 0 Å². The van der Waals surface area contributed by atoms with Gasteiger partial charge >= 0.3 is 0 Å². The van der Waals surface area contributed by atoms with E-state index in [-0.39, 0.29) is 5.91 Å². The van der Waals surface area contributed by atoms with Crippen molar-refractivity contribution < 1.29 is 4.79 Å². The van der Waals surface area contributed by atoms with Crippen LogP contribution in [0.4, 0.5) is 0 Å². The van der Waals surface area contributed by atoms with Gasteiger partial charge in [-0.25, -0.2) is 0 Å². The molecule has 0 saturated heterocycles. The Kier molecular flexibility index (Phi) is 3.24. The van der Waals surface area contributed by atoms with E-state index in [1.165, 1.54) is 5.69 Å². The molecular formula is C11H18N4O. The SMILES string of the molecule is CCCNC(=O)c1nn(C)c2c1CNCC2. The summed E-state index contributed by atoms with van der Waals surface area (Å²) in [5.41, 5.74) is 2.82. The van der Waals surface area contributed by atoms with Gasteiger partial charge in [-0.1, -0.05) is 6.92 Å². The highest BCUT2D eigenvalue weighted by atomic mass is 16.1. The molecule has 5 heteroatoms. The van der Waals surface area contributed by atoms with Crippen molar-refractivity contribution in [2.45, 2.75) is 26.3 Å². The second-order valence-corrected chi connectivity index (χ2v) is 4.08. The molecule has 88 valence electrons. The number of hydrogen-bond acceptors (Lipinski definition) is 3. The Balaban J connectivity index is 2.24. The lowest BCUT2D eigenvalue weighted by atomic mass is 10.1. The molecule has 2 heterocycles. The smallest absolute Gasteiger partial charge is 0.272 e. The minimum Gasteiger partial charge on any atom is -0.351 e. The molecular weight excluding hydrogens is 204 g/mol. The molecule has 1 aromatic heterocycles. The Bertz CT molecular complexity index is 397. The number of nitrogens with one attached hydrogen (secondary N) is 2. The molecule has 0 aliphatic carbocycles. The summed E-state index contributed by atoms with van der Waals surface area (Å²) in [4.78, 5) is 11.9. The fourth-order valence-corrected chi connectivity index (χ4v) is 2.03. The molecule has 2 N–H and O–H groups in total. The van der Waals surface area contributed by atoms with Crippen LogP contribution in [-0.2, 0) is 20.0 Å². The molecule has 16 heavy (non-hydrogen) atoms. The summed E-state index contributed by atoms with van der Waals surface area (Å²) < 4.78 is 1.83. The lowest BCUT2D eigenvalue weighted by molar-refractivity contribution is 0.0947. The van der Waals surface area contributed by atoms with Crippen molar-refractivity contribution in [3.8, 4) is 0 Å². The number of nitrogens with zero attached hydrogens (tertiary/aromatic N) is 2. The third kappa shape index (κ3) is 1.95. The molecule has 0 saturated carbocycles. The molecule has 1 amide bonds. The van der Waals surface area contributed by atoms with Crippen LogP contribution in [0.5, 0.6) is 0 Å². The number of amides is 1. The molecule has 1 aliphatic rings. The summed E-state index contributed by atoms with van der Waals surface area (Å²) in [7, 11) is 1.90. The van der Waals surface area contributed by atoms with E-state index < -0.39 is 0 Å². The quantitative estimate of drug-likeness (QED) is 0.768. The lowest BCUT2D eigenvalue weighted by Gasteiger charge is -2.14. The monoisotopic (exact) mass is 222 g/mol. The molecule has 0 bridgehead atoms. The van der Waals surface area contributed by atoms with Crippen LogP contribution in [0.25, 0.3) is 0 Å². The molecule has 0 radical (unpaired) electrons. The highest BCUT2D eigenvalue weighted by Crippen LogP contribution is 2.17. The average Bonchev–Trinajstić information content (AvgIpc) is 2.65. The first-order valence-electron chi connectivity index (χ1n) is 5.77. The standard InChI is InChI=1S/C11H18N4O/c1-3-5-13-11(16)10-8-7-12-6-4-9(8)15(2)14-10/h12H,3-7H2,1-2H3,(H,13,16). The lowest BCUT2D eigenvalue weighted by Crippen LogP contribution is -2.28. The van der Waals surface area contributed by atoms with E-state index in [0.29, 0.717) is 12.2 Å². The fraction of sp³-hybridized carbons (Fsp3) is 0.636. The zero-order chi connectivity index (χ0) is 11.5. The van der Waals surface area contributed by atoms with Gasteiger partial charge in [0.25, 0.3) is 5.91 Å². The summed E-state index contributed by atoms with van der Waals surface area (Å²) in [6.45, 7) is 4.45. The summed E-state index contributed by atoms with van der Waals surface area (Å²) in [6, 6.07) is 0. The van der Waals surface area contributed by atoms with Crippen LogP contribution in [0.2, 0.25) is 0 Å². The Morgan fingerprint density at radius 1 is 1.62 bits per heavy atom. The van der Waals surface area contributed by atoms with Gasteiger partial charge in [0.05, 0.1) is 0 Å². The van der Waals surface area contributed by atoms with Crippen molar-refractivity contribution in [1.29, 1.82) is 0 Å². The molecule has 0 unspecified atom stereocenters. The van der Waals surface area contributed by atoms with E-state index in [1.807, 2.05) is 18.7 Å². The van der Waals surface area contributed by atoms with Gasteiger partial charge in [-0.2, -0.15) is 5.10 Å². The minimum atomic E-state index is -0.0533. The van der Waals surface area contributed by atoms with Crippen LogP contribution in [0.15, 0.2) is 0 Å². The van der Waals surface area contributed by atoms with E-state index in [2.05, 4.69) is 15.7 Å². The molecule has 0 spiro atoms. The van der Waals surface area contributed by atoms with Gasteiger partial charge in [-0.3, -0.25) is 9.48 Å². The number of carbonyl (C=O) groups is 1. The number of aromatic nitrogens is 2.